The molecule has 2 fully saturated rings. The van der Waals surface area contributed by atoms with Crippen molar-refractivity contribution in [3.63, 3.8) is 0 Å². The number of halogens is 1. The van der Waals surface area contributed by atoms with Gasteiger partial charge in [-0.3, -0.25) is 14.4 Å². The van der Waals surface area contributed by atoms with Crippen molar-refractivity contribution in [2.75, 3.05) is 13.2 Å². The Kier molecular flexibility index (Phi) is 5.93. The van der Waals surface area contributed by atoms with E-state index in [9.17, 15) is 18.8 Å². The van der Waals surface area contributed by atoms with Gasteiger partial charge in [0, 0.05) is 18.5 Å². The van der Waals surface area contributed by atoms with Crippen molar-refractivity contribution < 1.29 is 27.9 Å². The van der Waals surface area contributed by atoms with Gasteiger partial charge in [0.05, 0.1) is 17.9 Å². The second kappa shape index (κ2) is 9.18. The fourth-order valence-corrected chi connectivity index (χ4v) is 4.58. The number of fused-ring (bicyclic) bond motifs is 1. The van der Waals surface area contributed by atoms with Crippen molar-refractivity contribution in [1.29, 1.82) is 0 Å². The molecule has 0 aliphatic carbocycles. The molecule has 0 bridgehead atoms. The van der Waals surface area contributed by atoms with Crippen LogP contribution in [-0.4, -0.2) is 58.8 Å². The van der Waals surface area contributed by atoms with Gasteiger partial charge in [0.25, 0.3) is 5.91 Å². The third-order valence-corrected chi connectivity index (χ3v) is 6.22. The Morgan fingerprint density at radius 3 is 2.74 bits per heavy atom. The summed E-state index contributed by atoms with van der Waals surface area (Å²) in [5.74, 6) is -0.965. The number of amides is 2. The number of rotatable bonds is 6. The third kappa shape index (κ3) is 4.22. The summed E-state index contributed by atoms with van der Waals surface area (Å²) < 4.78 is 24.3. The first kappa shape index (κ1) is 22.0. The fraction of sp³-hybridized carbons (Fsp3) is 0.280. The normalized spacial score (nSPS) is 20.3. The van der Waals surface area contributed by atoms with Crippen molar-refractivity contribution in [3.05, 3.63) is 78.1 Å². The van der Waals surface area contributed by atoms with E-state index in [2.05, 4.69) is 10.3 Å². The Morgan fingerprint density at radius 1 is 1.18 bits per heavy atom. The Morgan fingerprint density at radius 2 is 1.97 bits per heavy atom. The highest BCUT2D eigenvalue weighted by molar-refractivity contribution is 6.03. The molecule has 0 spiro atoms. The van der Waals surface area contributed by atoms with Gasteiger partial charge in [0.15, 0.2) is 17.9 Å². The molecule has 0 radical (unpaired) electrons. The second-order valence-electron chi connectivity index (χ2n) is 8.35. The summed E-state index contributed by atoms with van der Waals surface area (Å²) in [7, 11) is 0. The molecule has 8 nitrogen and oxygen atoms in total. The fourth-order valence-electron chi connectivity index (χ4n) is 4.58. The molecule has 0 saturated carbocycles. The number of nitrogens with one attached hydrogen (secondary N) is 1. The van der Waals surface area contributed by atoms with E-state index in [0.717, 1.165) is 0 Å². The predicted octanol–water partition coefficient (Wildman–Crippen LogP) is 2.39. The summed E-state index contributed by atoms with van der Waals surface area (Å²) in [6.45, 7) is 0.350. The first-order chi connectivity index (χ1) is 16.5. The van der Waals surface area contributed by atoms with E-state index >= 15 is 0 Å². The van der Waals surface area contributed by atoms with E-state index in [1.54, 1.807) is 36.4 Å². The lowest BCUT2D eigenvalue weighted by Gasteiger charge is -2.28. The number of hydrogen-bond acceptors (Lipinski definition) is 6. The number of benzene rings is 2. The van der Waals surface area contributed by atoms with Crippen molar-refractivity contribution in [3.8, 4) is 11.3 Å². The zero-order chi connectivity index (χ0) is 23.7. The molecule has 2 aromatic carbocycles. The number of oxazole rings is 1. The molecule has 2 amide bonds. The van der Waals surface area contributed by atoms with Crippen molar-refractivity contribution in [2.45, 2.75) is 31.0 Å². The van der Waals surface area contributed by atoms with Gasteiger partial charge < -0.3 is 19.4 Å². The van der Waals surface area contributed by atoms with E-state index in [0.29, 0.717) is 35.4 Å². The highest BCUT2D eigenvalue weighted by atomic mass is 19.1. The van der Waals surface area contributed by atoms with Crippen LogP contribution < -0.4 is 5.32 Å². The van der Waals surface area contributed by atoms with Crippen LogP contribution in [0.2, 0.25) is 0 Å². The van der Waals surface area contributed by atoms with Crippen LogP contribution in [0.25, 0.3) is 11.3 Å². The van der Waals surface area contributed by atoms with Crippen LogP contribution in [0, 0.1) is 5.82 Å². The minimum absolute atomic E-state index is 0.0152. The van der Waals surface area contributed by atoms with Gasteiger partial charge in [-0.25, -0.2) is 9.37 Å². The molecule has 3 atom stereocenters. The molecular weight excluding hydrogens is 441 g/mol. The molecule has 174 valence electrons. The summed E-state index contributed by atoms with van der Waals surface area (Å²) in [5, 5.41) is 2.83. The Balaban J connectivity index is 1.43. The van der Waals surface area contributed by atoms with Crippen molar-refractivity contribution >= 4 is 17.6 Å². The van der Waals surface area contributed by atoms with Crippen LogP contribution in [0.5, 0.6) is 0 Å². The van der Waals surface area contributed by atoms with Crippen LogP contribution >= 0.6 is 0 Å². The first-order valence-electron chi connectivity index (χ1n) is 11.0. The molecule has 5 rings (SSSR count). The molecule has 1 aromatic heterocycles. The van der Waals surface area contributed by atoms with E-state index in [4.69, 9.17) is 9.15 Å². The highest BCUT2D eigenvalue weighted by Crippen LogP contribution is 2.28. The van der Waals surface area contributed by atoms with Gasteiger partial charge in [0.1, 0.15) is 24.5 Å². The zero-order valence-corrected chi connectivity index (χ0v) is 18.1. The monoisotopic (exact) mass is 463 g/mol. The van der Waals surface area contributed by atoms with Gasteiger partial charge in [-0.2, -0.15) is 0 Å². The smallest absolute Gasteiger partial charge is 0.252 e. The van der Waals surface area contributed by atoms with Crippen molar-refractivity contribution in [2.24, 2.45) is 0 Å². The third-order valence-electron chi connectivity index (χ3n) is 6.22. The lowest BCUT2D eigenvalue weighted by atomic mass is 10.0. The van der Waals surface area contributed by atoms with Crippen LogP contribution in [0.1, 0.15) is 22.3 Å². The molecule has 2 aliphatic rings. The number of Topliss-reactive ketones (excluding diaryl/α,β-unsaturated/α-hetero) is 1. The lowest BCUT2D eigenvalue weighted by molar-refractivity contribution is -0.138. The molecule has 3 heterocycles. The van der Waals surface area contributed by atoms with E-state index in [1.807, 2.05) is 0 Å². The number of carbonyl (C=O) groups is 3. The van der Waals surface area contributed by atoms with Gasteiger partial charge in [-0.05, 0) is 30.2 Å². The summed E-state index contributed by atoms with van der Waals surface area (Å²) in [6, 6.07) is 11.0. The van der Waals surface area contributed by atoms with E-state index in [-0.39, 0.29) is 30.8 Å². The molecule has 2 saturated heterocycles. The number of hydrogen-bond donors (Lipinski definition) is 1. The number of likely N-dealkylation sites (tertiary alicyclic amines) is 1. The average Bonchev–Trinajstić information content (AvgIpc) is 3.59. The van der Waals surface area contributed by atoms with Crippen LogP contribution in [0.4, 0.5) is 4.39 Å². The summed E-state index contributed by atoms with van der Waals surface area (Å²) >= 11 is 0. The number of aromatic nitrogens is 1. The summed E-state index contributed by atoms with van der Waals surface area (Å²) in [6.07, 6.45) is 3.16. The average molecular weight is 463 g/mol. The van der Waals surface area contributed by atoms with E-state index in [1.165, 1.54) is 29.6 Å². The van der Waals surface area contributed by atoms with Crippen molar-refractivity contribution in [1.82, 2.24) is 15.2 Å². The Hall–Kier alpha value is -3.85. The maximum Gasteiger partial charge on any atom is 0.252 e. The SMILES string of the molecule is O=C(NC(Cc1ccc(F)cc1)C(=O)N1CCC2OCC(=O)C21)c1ccccc1-c1cnco1. The lowest BCUT2D eigenvalue weighted by Crippen LogP contribution is -2.53. The van der Waals surface area contributed by atoms with Crippen LogP contribution in [0.3, 0.4) is 0 Å². The topological polar surface area (TPSA) is 102 Å². The second-order valence-corrected chi connectivity index (χ2v) is 8.35. The molecule has 3 unspecified atom stereocenters. The minimum Gasteiger partial charge on any atom is -0.443 e. The maximum absolute atomic E-state index is 13.6. The largest absolute Gasteiger partial charge is 0.443 e. The number of ketones is 1. The zero-order valence-electron chi connectivity index (χ0n) is 18.1. The number of nitrogens with zero attached hydrogens (tertiary/aromatic N) is 2. The van der Waals surface area contributed by atoms with Gasteiger partial charge >= 0.3 is 0 Å². The summed E-state index contributed by atoms with van der Waals surface area (Å²) in [4.78, 5) is 44.7. The van der Waals surface area contributed by atoms with Gasteiger partial charge in [-0.15, -0.1) is 0 Å². The molecule has 1 N–H and O–H groups in total. The molecule has 34 heavy (non-hydrogen) atoms. The predicted molar refractivity (Wildman–Crippen MR) is 118 cm³/mol. The minimum atomic E-state index is -0.965. The standard InChI is InChI=1S/C25H22FN3O5/c26-16-7-5-15(6-8-16)11-19(25(32)29-10-9-21-23(29)20(30)13-33-21)28-24(31)18-4-2-1-3-17(18)22-12-27-14-34-22/h1-8,12,14,19,21,23H,9-11,13H2,(H,28,31). The Labute approximate surface area is 194 Å². The van der Waals surface area contributed by atoms with Crippen LogP contribution in [-0.2, 0) is 20.7 Å². The Bertz CT molecular complexity index is 1210. The molecule has 9 heteroatoms. The first-order valence-corrected chi connectivity index (χ1v) is 11.0. The van der Waals surface area contributed by atoms with Gasteiger partial charge in [-0.1, -0.05) is 30.3 Å². The number of carbonyl (C=O) groups excluding carboxylic acids is 3. The quantitative estimate of drug-likeness (QED) is 0.602. The molecule has 2 aliphatic heterocycles. The summed E-state index contributed by atoms with van der Waals surface area (Å²) in [5.41, 5.74) is 1.52. The molecular formula is C25H22FN3O5. The number of ether oxygens (including phenoxy) is 1. The van der Waals surface area contributed by atoms with E-state index < -0.39 is 23.8 Å². The molecule has 3 aromatic rings. The van der Waals surface area contributed by atoms with Gasteiger partial charge in [0.2, 0.25) is 5.91 Å². The van der Waals surface area contributed by atoms with Crippen LogP contribution in [0.15, 0.2) is 65.5 Å². The maximum atomic E-state index is 13.6. The highest BCUT2D eigenvalue weighted by Gasteiger charge is 2.48.